The maximum atomic E-state index is 12.9. The molecule has 0 aliphatic rings. The topological polar surface area (TPSA) is 159 Å². The first kappa shape index (κ1) is 26.9. The van der Waals surface area contributed by atoms with Crippen molar-refractivity contribution in [2.75, 3.05) is 31.4 Å². The molecule has 0 fully saturated rings. The highest BCUT2D eigenvalue weighted by molar-refractivity contribution is 6.30. The van der Waals surface area contributed by atoms with Gasteiger partial charge in [-0.15, -0.1) is 10.2 Å². The Morgan fingerprint density at radius 2 is 2.00 bits per heavy atom. The van der Waals surface area contributed by atoms with Gasteiger partial charge in [0.05, 0.1) is 37.9 Å². The molecule has 0 aliphatic carbocycles. The van der Waals surface area contributed by atoms with Crippen LogP contribution < -0.4 is 20.7 Å². The zero-order valence-corrected chi connectivity index (χ0v) is 21.7. The number of hydrogen-bond acceptors (Lipinski definition) is 10. The minimum atomic E-state index is -0.693. The van der Waals surface area contributed by atoms with Crippen LogP contribution in [0.4, 0.5) is 16.3 Å². The van der Waals surface area contributed by atoms with E-state index in [1.807, 2.05) is 0 Å². The van der Waals surface area contributed by atoms with Crippen LogP contribution in [0.3, 0.4) is 0 Å². The van der Waals surface area contributed by atoms with Gasteiger partial charge < -0.3 is 25.3 Å². The van der Waals surface area contributed by atoms with E-state index < -0.39 is 17.6 Å². The summed E-state index contributed by atoms with van der Waals surface area (Å²) in [5.74, 6) is 0.0896. The highest BCUT2D eigenvalue weighted by Crippen LogP contribution is 2.23. The Hall–Kier alpha value is -3.71. The van der Waals surface area contributed by atoms with Gasteiger partial charge in [-0.1, -0.05) is 11.6 Å². The zero-order chi connectivity index (χ0) is 26.6. The number of ether oxygens (including phenoxy) is 3. The predicted molar refractivity (Wildman–Crippen MR) is 132 cm³/mol. The number of methoxy groups -OCH3 is 1. The van der Waals surface area contributed by atoms with Crippen LogP contribution in [-0.4, -0.2) is 69.2 Å². The number of carbonyl (C=O) groups is 2. The third kappa shape index (κ3) is 6.49. The highest BCUT2D eigenvalue weighted by atomic mass is 35.5. The van der Waals surface area contributed by atoms with E-state index in [-0.39, 0.29) is 47.3 Å². The smallest absolute Gasteiger partial charge is 0.415 e. The number of nitrogens with zero attached hydrogens (tertiary/aromatic N) is 6. The Labute approximate surface area is 212 Å². The van der Waals surface area contributed by atoms with Gasteiger partial charge in [-0.25, -0.2) is 9.78 Å². The van der Waals surface area contributed by atoms with Gasteiger partial charge in [0.1, 0.15) is 22.1 Å². The molecule has 14 heteroatoms. The fourth-order valence-electron chi connectivity index (χ4n) is 3.09. The SMILES string of the molecule is COc1nnc(COCC(C)NC(=O)c2cnn3c(N(C)C(=O)OC(C)(C)C)cc(Cl)nc23)cc1N. The lowest BCUT2D eigenvalue weighted by Gasteiger charge is -2.24. The number of nitrogens with one attached hydrogen (secondary N) is 1. The molecule has 1 atom stereocenters. The van der Waals surface area contributed by atoms with E-state index in [1.165, 1.54) is 35.8 Å². The summed E-state index contributed by atoms with van der Waals surface area (Å²) >= 11 is 6.19. The maximum Gasteiger partial charge on any atom is 0.415 e. The van der Waals surface area contributed by atoms with Crippen LogP contribution in [0.1, 0.15) is 43.7 Å². The third-order valence-electron chi connectivity index (χ3n) is 4.70. The Morgan fingerprint density at radius 1 is 1.28 bits per heavy atom. The van der Waals surface area contributed by atoms with Crippen molar-refractivity contribution in [1.82, 2.24) is 30.1 Å². The number of hydrogen-bond donors (Lipinski definition) is 2. The molecule has 3 aromatic heterocycles. The summed E-state index contributed by atoms with van der Waals surface area (Å²) in [6.07, 6.45) is 0.741. The summed E-state index contributed by atoms with van der Waals surface area (Å²) in [6.45, 7) is 7.40. The molecular formula is C22H29ClN8O5. The van der Waals surface area contributed by atoms with Crippen LogP contribution in [0.5, 0.6) is 5.88 Å². The quantitative estimate of drug-likeness (QED) is 0.422. The predicted octanol–water partition coefficient (Wildman–Crippen LogP) is 2.47. The molecule has 0 saturated carbocycles. The van der Waals surface area contributed by atoms with E-state index in [9.17, 15) is 9.59 Å². The van der Waals surface area contributed by atoms with E-state index in [0.29, 0.717) is 11.4 Å². The Kier molecular flexibility index (Phi) is 8.15. The Balaban J connectivity index is 1.68. The number of rotatable bonds is 8. The molecule has 0 saturated heterocycles. The second-order valence-corrected chi connectivity index (χ2v) is 9.35. The van der Waals surface area contributed by atoms with Gasteiger partial charge in [0.25, 0.3) is 11.8 Å². The minimum Gasteiger partial charge on any atom is -0.478 e. The summed E-state index contributed by atoms with van der Waals surface area (Å²) < 4.78 is 17.4. The molecule has 0 radical (unpaired) electrons. The van der Waals surface area contributed by atoms with Crippen molar-refractivity contribution in [2.45, 2.75) is 45.9 Å². The van der Waals surface area contributed by atoms with E-state index in [4.69, 9.17) is 31.5 Å². The molecule has 0 aromatic carbocycles. The monoisotopic (exact) mass is 520 g/mol. The molecule has 0 aliphatic heterocycles. The first-order valence-corrected chi connectivity index (χ1v) is 11.3. The van der Waals surface area contributed by atoms with Crippen molar-refractivity contribution < 1.29 is 23.8 Å². The number of halogens is 1. The molecule has 0 bridgehead atoms. The van der Waals surface area contributed by atoms with Crippen molar-refractivity contribution >= 4 is 40.8 Å². The van der Waals surface area contributed by atoms with Crippen LogP contribution in [-0.2, 0) is 16.1 Å². The average molecular weight is 521 g/mol. The molecule has 3 aromatic rings. The van der Waals surface area contributed by atoms with Crippen LogP contribution in [0.2, 0.25) is 5.15 Å². The number of nitrogens with two attached hydrogens (primary N) is 1. The van der Waals surface area contributed by atoms with Gasteiger partial charge in [-0.3, -0.25) is 9.69 Å². The molecule has 3 N–H and O–H groups in total. The third-order valence-corrected chi connectivity index (χ3v) is 4.90. The fraction of sp³-hybridized carbons (Fsp3) is 0.455. The summed E-state index contributed by atoms with van der Waals surface area (Å²) in [6, 6.07) is 2.70. The number of carbonyl (C=O) groups excluding carboxylic acids is 2. The highest BCUT2D eigenvalue weighted by Gasteiger charge is 2.25. The largest absolute Gasteiger partial charge is 0.478 e. The minimum absolute atomic E-state index is 0.0821. The Bertz CT molecular complexity index is 1260. The molecule has 2 amide bonds. The van der Waals surface area contributed by atoms with E-state index >= 15 is 0 Å². The van der Waals surface area contributed by atoms with E-state index in [1.54, 1.807) is 33.8 Å². The van der Waals surface area contributed by atoms with Crippen molar-refractivity contribution in [3.63, 3.8) is 0 Å². The first-order chi connectivity index (χ1) is 16.9. The van der Waals surface area contributed by atoms with Crippen molar-refractivity contribution in [2.24, 2.45) is 0 Å². The zero-order valence-electron chi connectivity index (χ0n) is 20.9. The van der Waals surface area contributed by atoms with Crippen LogP contribution in [0, 0.1) is 0 Å². The second kappa shape index (κ2) is 10.9. The van der Waals surface area contributed by atoms with Crippen LogP contribution >= 0.6 is 11.6 Å². The van der Waals surface area contributed by atoms with Crippen LogP contribution in [0.25, 0.3) is 5.65 Å². The first-order valence-electron chi connectivity index (χ1n) is 10.9. The van der Waals surface area contributed by atoms with E-state index in [0.717, 1.165) is 0 Å². The van der Waals surface area contributed by atoms with Crippen LogP contribution in [0.15, 0.2) is 18.3 Å². The maximum absolute atomic E-state index is 12.9. The van der Waals surface area contributed by atoms with Gasteiger partial charge in [0, 0.05) is 19.2 Å². The molecule has 3 heterocycles. The molecule has 36 heavy (non-hydrogen) atoms. The van der Waals surface area contributed by atoms with Crippen molar-refractivity contribution in [1.29, 1.82) is 0 Å². The summed E-state index contributed by atoms with van der Waals surface area (Å²) in [5, 5.41) is 15.0. The normalized spacial score (nSPS) is 12.3. The number of aromatic nitrogens is 5. The van der Waals surface area contributed by atoms with Gasteiger partial charge in [-0.2, -0.15) is 9.61 Å². The fourth-order valence-corrected chi connectivity index (χ4v) is 3.27. The molecule has 194 valence electrons. The Morgan fingerprint density at radius 3 is 2.64 bits per heavy atom. The average Bonchev–Trinajstić information content (AvgIpc) is 3.20. The van der Waals surface area contributed by atoms with Gasteiger partial charge >= 0.3 is 6.09 Å². The molecule has 13 nitrogen and oxygen atoms in total. The number of amides is 2. The second-order valence-electron chi connectivity index (χ2n) is 8.96. The van der Waals surface area contributed by atoms with Crippen molar-refractivity contribution in [3.05, 3.63) is 34.7 Å². The molecular weight excluding hydrogens is 492 g/mol. The van der Waals surface area contributed by atoms with Gasteiger partial charge in [0.15, 0.2) is 5.65 Å². The molecule has 0 spiro atoms. The molecule has 1 unspecified atom stereocenters. The lowest BCUT2D eigenvalue weighted by molar-refractivity contribution is 0.0587. The van der Waals surface area contributed by atoms with Gasteiger partial charge in [0.2, 0.25) is 0 Å². The number of anilines is 2. The lowest BCUT2D eigenvalue weighted by atomic mass is 10.2. The standard InChI is InChI=1S/C22H29ClN8O5/c1-12(10-35-11-13-7-15(24)20(34-6)29-28-13)26-19(32)14-9-25-31-17(8-16(23)27-18(14)31)30(5)21(33)36-22(2,3)4/h7-9,12H,10-11H2,1-6H3,(H2,24,28)(H,26,32). The van der Waals surface area contributed by atoms with Crippen molar-refractivity contribution in [3.8, 4) is 5.88 Å². The van der Waals surface area contributed by atoms with E-state index in [2.05, 4.69) is 25.6 Å². The molecule has 3 rings (SSSR count). The van der Waals surface area contributed by atoms with Gasteiger partial charge in [-0.05, 0) is 33.8 Å². The lowest BCUT2D eigenvalue weighted by Crippen LogP contribution is -2.36. The summed E-state index contributed by atoms with van der Waals surface area (Å²) in [5.41, 5.74) is 6.36. The summed E-state index contributed by atoms with van der Waals surface area (Å²) in [4.78, 5) is 30.9. The summed E-state index contributed by atoms with van der Waals surface area (Å²) in [7, 11) is 2.97. The number of nitrogen functional groups attached to an aromatic ring is 1. The number of fused-ring (bicyclic) bond motifs is 1.